The molecule has 1 aromatic rings. The highest BCUT2D eigenvalue weighted by atomic mass is 16.4. The molecule has 0 spiro atoms. The first-order valence-electron chi connectivity index (χ1n) is 4.50. The fourth-order valence-electron chi connectivity index (χ4n) is 1.55. The molecular formula is C11H9NO3. The monoisotopic (exact) mass is 203 g/mol. The lowest BCUT2D eigenvalue weighted by Crippen LogP contribution is -2.26. The molecule has 0 radical (unpaired) electrons. The summed E-state index contributed by atoms with van der Waals surface area (Å²) in [4.78, 5) is 23.8. The van der Waals surface area contributed by atoms with Gasteiger partial charge in [-0.3, -0.25) is 4.79 Å². The number of hydrogen-bond acceptors (Lipinski definition) is 2. The summed E-state index contributed by atoms with van der Waals surface area (Å²) in [6.07, 6.45) is 3.15. The Bertz CT molecular complexity index is 451. The van der Waals surface area contributed by atoms with Crippen LogP contribution in [0.2, 0.25) is 0 Å². The number of para-hydroxylation sites is 1. The normalized spacial score (nSPS) is 14.7. The zero-order valence-electron chi connectivity index (χ0n) is 7.88. The third kappa shape index (κ3) is 1.61. The van der Waals surface area contributed by atoms with Crippen LogP contribution in [0.1, 0.15) is 10.4 Å². The number of hydrogen-bond donors (Lipinski definition) is 1. The van der Waals surface area contributed by atoms with Crippen molar-refractivity contribution in [2.24, 2.45) is 0 Å². The summed E-state index contributed by atoms with van der Waals surface area (Å²) in [6, 6.07) is 6.48. The number of anilines is 1. The molecule has 1 N–H and O–H groups in total. The highest BCUT2D eigenvalue weighted by molar-refractivity contribution is 6.08. The minimum atomic E-state index is -1.02. The molecule has 2 rings (SSSR count). The van der Waals surface area contributed by atoms with Crippen LogP contribution in [0.25, 0.3) is 0 Å². The molecule has 1 amide bonds. The smallest absolute Gasteiger partial charge is 0.337 e. The van der Waals surface area contributed by atoms with Gasteiger partial charge in [-0.15, -0.1) is 0 Å². The van der Waals surface area contributed by atoms with Gasteiger partial charge in [0.15, 0.2) is 0 Å². The van der Waals surface area contributed by atoms with Gasteiger partial charge in [-0.1, -0.05) is 18.2 Å². The van der Waals surface area contributed by atoms with Crippen molar-refractivity contribution in [3.63, 3.8) is 0 Å². The molecule has 0 fully saturated rings. The van der Waals surface area contributed by atoms with Crippen molar-refractivity contribution in [3.05, 3.63) is 42.0 Å². The summed E-state index contributed by atoms with van der Waals surface area (Å²) in [7, 11) is 0. The van der Waals surface area contributed by atoms with Crippen molar-refractivity contribution in [1.82, 2.24) is 0 Å². The summed E-state index contributed by atoms with van der Waals surface area (Å²) < 4.78 is 0. The molecule has 0 atom stereocenters. The first-order chi connectivity index (χ1) is 7.20. The first kappa shape index (κ1) is 9.45. The summed E-state index contributed by atoms with van der Waals surface area (Å²) in [5, 5.41) is 8.95. The van der Waals surface area contributed by atoms with E-state index in [-0.39, 0.29) is 11.5 Å². The van der Waals surface area contributed by atoms with Crippen LogP contribution in [-0.4, -0.2) is 23.5 Å². The van der Waals surface area contributed by atoms with Gasteiger partial charge < -0.3 is 10.0 Å². The van der Waals surface area contributed by atoms with E-state index in [1.165, 1.54) is 17.0 Å². The molecule has 76 valence electrons. The van der Waals surface area contributed by atoms with E-state index in [1.807, 2.05) is 0 Å². The third-order valence-electron chi connectivity index (χ3n) is 2.24. The minimum absolute atomic E-state index is 0.148. The van der Waals surface area contributed by atoms with E-state index in [2.05, 4.69) is 0 Å². The van der Waals surface area contributed by atoms with Gasteiger partial charge >= 0.3 is 5.97 Å². The second kappa shape index (κ2) is 3.57. The molecule has 1 aliphatic heterocycles. The Labute approximate surface area is 86.4 Å². The molecule has 0 aliphatic carbocycles. The van der Waals surface area contributed by atoms with Crippen LogP contribution in [0.5, 0.6) is 0 Å². The number of carboxylic acid groups (broad SMARTS) is 1. The van der Waals surface area contributed by atoms with Gasteiger partial charge in [0.1, 0.15) is 0 Å². The van der Waals surface area contributed by atoms with Crippen LogP contribution >= 0.6 is 0 Å². The Morgan fingerprint density at radius 3 is 2.67 bits per heavy atom. The van der Waals surface area contributed by atoms with E-state index in [9.17, 15) is 9.59 Å². The van der Waals surface area contributed by atoms with Gasteiger partial charge in [0.2, 0.25) is 0 Å². The van der Waals surface area contributed by atoms with Crippen molar-refractivity contribution in [1.29, 1.82) is 0 Å². The highest BCUT2D eigenvalue weighted by Gasteiger charge is 2.21. The Morgan fingerprint density at radius 1 is 1.33 bits per heavy atom. The zero-order valence-corrected chi connectivity index (χ0v) is 7.88. The molecule has 1 aromatic carbocycles. The van der Waals surface area contributed by atoms with Crippen molar-refractivity contribution in [2.75, 3.05) is 11.4 Å². The topological polar surface area (TPSA) is 57.6 Å². The molecule has 0 bridgehead atoms. The lowest BCUT2D eigenvalue weighted by molar-refractivity contribution is -0.113. The Morgan fingerprint density at radius 2 is 2.07 bits per heavy atom. The first-order valence-corrected chi connectivity index (χ1v) is 4.50. The molecule has 15 heavy (non-hydrogen) atoms. The van der Waals surface area contributed by atoms with E-state index < -0.39 is 5.97 Å². The quantitative estimate of drug-likeness (QED) is 0.787. The van der Waals surface area contributed by atoms with Crippen LogP contribution in [0.15, 0.2) is 36.4 Å². The molecule has 4 heteroatoms. The lowest BCUT2D eigenvalue weighted by atomic mass is 10.1. The van der Waals surface area contributed by atoms with Gasteiger partial charge in [0, 0.05) is 12.6 Å². The van der Waals surface area contributed by atoms with E-state index in [1.54, 1.807) is 24.3 Å². The predicted molar refractivity (Wildman–Crippen MR) is 54.9 cm³/mol. The average molecular weight is 203 g/mol. The summed E-state index contributed by atoms with van der Waals surface area (Å²) >= 11 is 0. The van der Waals surface area contributed by atoms with Crippen LogP contribution in [0.4, 0.5) is 5.69 Å². The molecule has 1 heterocycles. The number of aromatic carboxylic acids is 1. The summed E-state index contributed by atoms with van der Waals surface area (Å²) in [5.41, 5.74) is 0.592. The molecule has 0 saturated heterocycles. The van der Waals surface area contributed by atoms with Crippen LogP contribution in [-0.2, 0) is 4.79 Å². The third-order valence-corrected chi connectivity index (χ3v) is 2.24. The van der Waals surface area contributed by atoms with Gasteiger partial charge in [0.25, 0.3) is 5.91 Å². The largest absolute Gasteiger partial charge is 0.478 e. The van der Waals surface area contributed by atoms with Crippen molar-refractivity contribution >= 4 is 17.6 Å². The summed E-state index contributed by atoms with van der Waals surface area (Å²) in [5.74, 6) is -1.20. The number of carbonyl (C=O) groups excluding carboxylic acids is 1. The molecule has 0 saturated carbocycles. The predicted octanol–water partition coefficient (Wildman–Crippen LogP) is 1.29. The zero-order chi connectivity index (χ0) is 10.8. The number of carbonyl (C=O) groups is 2. The average Bonchev–Trinajstić information content (AvgIpc) is 2.64. The van der Waals surface area contributed by atoms with Gasteiger partial charge in [-0.2, -0.15) is 0 Å². The van der Waals surface area contributed by atoms with Crippen LogP contribution < -0.4 is 4.90 Å². The maximum atomic E-state index is 11.4. The fourth-order valence-corrected chi connectivity index (χ4v) is 1.55. The number of carboxylic acids is 1. The van der Waals surface area contributed by atoms with Gasteiger partial charge in [-0.25, -0.2) is 4.79 Å². The van der Waals surface area contributed by atoms with Crippen molar-refractivity contribution in [2.45, 2.75) is 0 Å². The maximum Gasteiger partial charge on any atom is 0.337 e. The summed E-state index contributed by atoms with van der Waals surface area (Å²) in [6.45, 7) is 0.434. The highest BCUT2D eigenvalue weighted by Crippen LogP contribution is 2.22. The standard InChI is InChI=1S/C11H9NO3/c13-10-6-3-7-12(10)9-5-2-1-4-8(9)11(14)15/h1-6H,7H2,(H,14,15). The van der Waals surface area contributed by atoms with Gasteiger partial charge in [-0.05, 0) is 12.1 Å². The SMILES string of the molecule is O=C(O)c1ccccc1N1CC=CC1=O. The number of nitrogens with zero attached hydrogens (tertiary/aromatic N) is 1. The van der Waals surface area contributed by atoms with Crippen LogP contribution in [0, 0.1) is 0 Å². The maximum absolute atomic E-state index is 11.4. The second-order valence-corrected chi connectivity index (χ2v) is 3.17. The van der Waals surface area contributed by atoms with E-state index in [0.717, 1.165) is 0 Å². The molecule has 0 aromatic heterocycles. The van der Waals surface area contributed by atoms with E-state index >= 15 is 0 Å². The minimum Gasteiger partial charge on any atom is -0.478 e. The lowest BCUT2D eigenvalue weighted by Gasteiger charge is -2.17. The van der Waals surface area contributed by atoms with Crippen molar-refractivity contribution in [3.8, 4) is 0 Å². The Balaban J connectivity index is 2.44. The van der Waals surface area contributed by atoms with Crippen LogP contribution in [0.3, 0.4) is 0 Å². The van der Waals surface area contributed by atoms with E-state index in [0.29, 0.717) is 12.2 Å². The molecule has 1 aliphatic rings. The number of rotatable bonds is 2. The fraction of sp³-hybridized carbons (Fsp3) is 0.0909. The Hall–Kier alpha value is -2.10. The number of amides is 1. The van der Waals surface area contributed by atoms with Crippen molar-refractivity contribution < 1.29 is 14.7 Å². The van der Waals surface area contributed by atoms with Gasteiger partial charge in [0.05, 0.1) is 11.3 Å². The van der Waals surface area contributed by atoms with E-state index in [4.69, 9.17) is 5.11 Å². The number of benzene rings is 1. The Kier molecular flexibility index (Phi) is 2.25. The molecule has 4 nitrogen and oxygen atoms in total. The second-order valence-electron chi connectivity index (χ2n) is 3.17. The molecule has 0 unspecified atom stereocenters. The molecular weight excluding hydrogens is 194 g/mol.